The van der Waals surface area contributed by atoms with Gasteiger partial charge in [-0.1, -0.05) is 11.6 Å². The largest absolute Gasteiger partial charge is 0.396 e. The van der Waals surface area contributed by atoms with Crippen molar-refractivity contribution in [2.45, 2.75) is 12.8 Å². The average Bonchev–Trinajstić information content (AvgIpc) is 2.24. The van der Waals surface area contributed by atoms with E-state index in [0.717, 1.165) is 6.42 Å². The zero-order valence-electron chi connectivity index (χ0n) is 8.11. The first-order valence-electron chi connectivity index (χ1n) is 4.60. The Balaban J connectivity index is 2.40. The molecule has 0 bridgehead atoms. The zero-order valence-corrected chi connectivity index (χ0v) is 8.87. The van der Waals surface area contributed by atoms with Crippen molar-refractivity contribution in [2.75, 3.05) is 13.2 Å². The molecule has 1 aromatic rings. The van der Waals surface area contributed by atoms with Crippen LogP contribution in [0.4, 0.5) is 0 Å². The molecule has 1 rings (SSSR count). The molecule has 15 heavy (non-hydrogen) atoms. The van der Waals surface area contributed by atoms with Crippen LogP contribution < -0.4 is 5.32 Å². The Morgan fingerprint density at radius 1 is 1.47 bits per heavy atom. The zero-order chi connectivity index (χ0) is 11.1. The van der Waals surface area contributed by atoms with E-state index < -0.39 is 0 Å². The van der Waals surface area contributed by atoms with Gasteiger partial charge in [0.05, 0.1) is 12.4 Å². The Labute approximate surface area is 92.5 Å². The summed E-state index contributed by atoms with van der Waals surface area (Å²) in [4.78, 5) is 19.0. The summed E-state index contributed by atoms with van der Waals surface area (Å²) >= 11 is 5.59. The fourth-order valence-corrected chi connectivity index (χ4v) is 1.13. The Hall–Kier alpha value is -1.20. The molecule has 0 aromatic carbocycles. The summed E-state index contributed by atoms with van der Waals surface area (Å²) in [6.45, 7) is 0.639. The number of unbranched alkanes of at least 4 members (excludes halogenated alkanes) is 1. The molecule has 0 atom stereocenters. The first-order chi connectivity index (χ1) is 7.24. The third kappa shape index (κ3) is 4.22. The molecule has 0 unspecified atom stereocenters. The van der Waals surface area contributed by atoms with Gasteiger partial charge in [-0.2, -0.15) is 0 Å². The van der Waals surface area contributed by atoms with E-state index in [1.54, 1.807) is 0 Å². The molecule has 0 aliphatic carbocycles. The van der Waals surface area contributed by atoms with E-state index in [1.807, 2.05) is 0 Å². The lowest BCUT2D eigenvalue weighted by atomic mass is 10.3. The van der Waals surface area contributed by atoms with Gasteiger partial charge in [-0.15, -0.1) is 0 Å². The van der Waals surface area contributed by atoms with Crippen LogP contribution in [0.2, 0.25) is 5.15 Å². The van der Waals surface area contributed by atoms with Gasteiger partial charge in [0.25, 0.3) is 5.91 Å². The number of amides is 1. The van der Waals surface area contributed by atoms with Crippen LogP contribution >= 0.6 is 11.6 Å². The lowest BCUT2D eigenvalue weighted by Crippen LogP contribution is -2.25. The van der Waals surface area contributed by atoms with E-state index in [1.165, 1.54) is 12.4 Å². The van der Waals surface area contributed by atoms with Gasteiger partial charge in [0.2, 0.25) is 0 Å². The molecular formula is C9H12ClN3O2. The molecule has 0 aliphatic heterocycles. The molecule has 6 heteroatoms. The summed E-state index contributed by atoms with van der Waals surface area (Å²) in [7, 11) is 0. The van der Waals surface area contributed by atoms with Crippen LogP contribution in [0, 0.1) is 0 Å². The van der Waals surface area contributed by atoms with Gasteiger partial charge in [0.15, 0.2) is 0 Å². The molecule has 0 saturated carbocycles. The predicted molar refractivity (Wildman–Crippen MR) is 55.7 cm³/mol. The van der Waals surface area contributed by atoms with E-state index in [2.05, 4.69) is 15.3 Å². The molecule has 5 nitrogen and oxygen atoms in total. The Bertz CT molecular complexity index is 333. The van der Waals surface area contributed by atoms with Crippen molar-refractivity contribution >= 4 is 17.5 Å². The first kappa shape index (κ1) is 11.9. The summed E-state index contributed by atoms with van der Waals surface area (Å²) in [5.74, 6) is -0.303. The fourth-order valence-electron chi connectivity index (χ4n) is 0.981. The highest BCUT2D eigenvalue weighted by Crippen LogP contribution is 2.02. The first-order valence-corrected chi connectivity index (χ1v) is 4.98. The minimum absolute atomic E-state index is 0.132. The summed E-state index contributed by atoms with van der Waals surface area (Å²) in [5.41, 5.74) is 0.200. The topological polar surface area (TPSA) is 75.1 Å². The number of carbonyl (C=O) groups is 1. The van der Waals surface area contributed by atoms with E-state index in [4.69, 9.17) is 16.7 Å². The third-order valence-electron chi connectivity index (χ3n) is 1.71. The maximum absolute atomic E-state index is 11.4. The molecular weight excluding hydrogens is 218 g/mol. The van der Waals surface area contributed by atoms with Crippen LogP contribution in [-0.4, -0.2) is 34.1 Å². The molecule has 2 N–H and O–H groups in total. The van der Waals surface area contributed by atoms with Crippen molar-refractivity contribution < 1.29 is 9.90 Å². The van der Waals surface area contributed by atoms with E-state index in [0.29, 0.717) is 13.0 Å². The Morgan fingerprint density at radius 2 is 2.27 bits per heavy atom. The second kappa shape index (κ2) is 6.31. The molecule has 0 saturated heterocycles. The van der Waals surface area contributed by atoms with Gasteiger partial charge >= 0.3 is 0 Å². The average molecular weight is 230 g/mol. The van der Waals surface area contributed by atoms with Crippen LogP contribution in [0.25, 0.3) is 0 Å². The number of halogens is 1. The quantitative estimate of drug-likeness (QED) is 0.727. The van der Waals surface area contributed by atoms with Crippen LogP contribution in [0.5, 0.6) is 0 Å². The molecule has 0 aliphatic rings. The molecule has 0 fully saturated rings. The van der Waals surface area contributed by atoms with E-state index in [-0.39, 0.29) is 23.4 Å². The number of carbonyl (C=O) groups excluding carboxylic acids is 1. The molecule has 0 spiro atoms. The van der Waals surface area contributed by atoms with Crippen molar-refractivity contribution in [3.63, 3.8) is 0 Å². The van der Waals surface area contributed by atoms with Gasteiger partial charge in [-0.3, -0.25) is 9.78 Å². The predicted octanol–water partition coefficient (Wildman–Crippen LogP) is 0.632. The number of aliphatic hydroxyl groups excluding tert-OH is 1. The highest BCUT2D eigenvalue weighted by atomic mass is 35.5. The van der Waals surface area contributed by atoms with Crippen molar-refractivity contribution in [3.8, 4) is 0 Å². The van der Waals surface area contributed by atoms with E-state index in [9.17, 15) is 4.79 Å². The lowest BCUT2D eigenvalue weighted by molar-refractivity contribution is 0.0946. The standard InChI is InChI=1S/C9H12ClN3O2/c10-8-6-11-5-7(13-8)9(15)12-3-1-2-4-14/h5-6,14H,1-4H2,(H,12,15). The van der Waals surface area contributed by atoms with E-state index >= 15 is 0 Å². The molecule has 1 heterocycles. The highest BCUT2D eigenvalue weighted by molar-refractivity contribution is 6.29. The second-order valence-corrected chi connectivity index (χ2v) is 3.30. The van der Waals surface area contributed by atoms with Crippen molar-refractivity contribution in [3.05, 3.63) is 23.2 Å². The van der Waals surface area contributed by atoms with Gasteiger partial charge in [-0.25, -0.2) is 4.98 Å². The van der Waals surface area contributed by atoms with Gasteiger partial charge in [0.1, 0.15) is 10.8 Å². The minimum atomic E-state index is -0.303. The maximum atomic E-state index is 11.4. The van der Waals surface area contributed by atoms with Gasteiger partial charge < -0.3 is 10.4 Å². The van der Waals surface area contributed by atoms with Gasteiger partial charge in [-0.05, 0) is 12.8 Å². The minimum Gasteiger partial charge on any atom is -0.396 e. The van der Waals surface area contributed by atoms with Crippen molar-refractivity contribution in [1.82, 2.24) is 15.3 Å². The molecule has 0 radical (unpaired) electrons. The SMILES string of the molecule is O=C(NCCCCO)c1cncc(Cl)n1. The Morgan fingerprint density at radius 3 is 2.93 bits per heavy atom. The number of rotatable bonds is 5. The molecule has 82 valence electrons. The summed E-state index contributed by atoms with van der Waals surface area (Å²) in [5, 5.41) is 11.4. The fraction of sp³-hybridized carbons (Fsp3) is 0.444. The third-order valence-corrected chi connectivity index (χ3v) is 1.89. The summed E-state index contributed by atoms with van der Waals surface area (Å²) < 4.78 is 0. The second-order valence-electron chi connectivity index (χ2n) is 2.91. The number of hydrogen-bond donors (Lipinski definition) is 2. The number of nitrogens with zero attached hydrogens (tertiary/aromatic N) is 2. The molecule has 1 aromatic heterocycles. The van der Waals surface area contributed by atoms with Crippen LogP contribution in [0.15, 0.2) is 12.4 Å². The van der Waals surface area contributed by atoms with Crippen molar-refractivity contribution in [1.29, 1.82) is 0 Å². The number of aromatic nitrogens is 2. The van der Waals surface area contributed by atoms with Crippen molar-refractivity contribution in [2.24, 2.45) is 0 Å². The summed E-state index contributed by atoms with van der Waals surface area (Å²) in [6, 6.07) is 0. The number of nitrogens with one attached hydrogen (secondary N) is 1. The van der Waals surface area contributed by atoms with Crippen LogP contribution in [0.1, 0.15) is 23.3 Å². The lowest BCUT2D eigenvalue weighted by Gasteiger charge is -2.03. The Kier molecular flexibility index (Phi) is 5.00. The highest BCUT2D eigenvalue weighted by Gasteiger charge is 2.06. The monoisotopic (exact) mass is 229 g/mol. The summed E-state index contributed by atoms with van der Waals surface area (Å²) in [6.07, 6.45) is 4.12. The molecule has 1 amide bonds. The van der Waals surface area contributed by atoms with Gasteiger partial charge in [0, 0.05) is 13.2 Å². The maximum Gasteiger partial charge on any atom is 0.271 e. The number of aliphatic hydroxyl groups is 1. The number of hydrogen-bond acceptors (Lipinski definition) is 4. The van der Waals surface area contributed by atoms with Crippen LogP contribution in [0.3, 0.4) is 0 Å². The normalized spacial score (nSPS) is 10.0. The smallest absolute Gasteiger partial charge is 0.271 e. The van der Waals surface area contributed by atoms with Crippen LogP contribution in [-0.2, 0) is 0 Å².